The molecule has 2 rings (SSSR count). The summed E-state index contributed by atoms with van der Waals surface area (Å²) in [6, 6.07) is 10.3. The monoisotopic (exact) mass is 308 g/mol. The van der Waals surface area contributed by atoms with E-state index in [1.807, 2.05) is 20.0 Å². The molecule has 0 saturated heterocycles. The molecule has 0 bridgehead atoms. The summed E-state index contributed by atoms with van der Waals surface area (Å²) in [7, 11) is 1.82. The number of hydrogen-bond acceptors (Lipinski definition) is 2. The minimum Gasteiger partial charge on any atom is -0.388 e. The predicted octanol–water partition coefficient (Wildman–Crippen LogP) is 4.60. The van der Waals surface area contributed by atoms with Crippen LogP contribution in [-0.4, -0.2) is 13.0 Å². The first-order valence-corrected chi connectivity index (χ1v) is 6.81. The van der Waals surface area contributed by atoms with E-state index in [9.17, 15) is 4.79 Å². The predicted molar refractivity (Wildman–Crippen MR) is 85.1 cm³/mol. The number of nitrogens with one attached hydrogen (secondary N) is 2. The van der Waals surface area contributed by atoms with E-state index < -0.39 is 0 Å². The van der Waals surface area contributed by atoms with E-state index >= 15 is 0 Å². The van der Waals surface area contributed by atoms with Crippen LogP contribution in [0.25, 0.3) is 0 Å². The lowest BCUT2D eigenvalue weighted by Gasteiger charge is -2.12. The fourth-order valence-electron chi connectivity index (χ4n) is 1.84. The zero-order valence-corrected chi connectivity index (χ0v) is 12.6. The Morgan fingerprint density at radius 2 is 1.70 bits per heavy atom. The lowest BCUT2D eigenvalue weighted by atomic mass is 10.1. The summed E-state index contributed by atoms with van der Waals surface area (Å²) >= 11 is 12.0. The lowest BCUT2D eigenvalue weighted by Crippen LogP contribution is -2.12. The number of carbonyl (C=O) groups is 1. The number of carbonyl (C=O) groups excluding carboxylic acids is 1. The molecule has 2 aromatic carbocycles. The molecule has 0 atom stereocenters. The van der Waals surface area contributed by atoms with Gasteiger partial charge in [0.15, 0.2) is 0 Å². The standard InChI is InChI=1S/C15H14Cl2N2O/c1-9-7-14(12(17)8-13(9)18-2)19-15(20)10-3-5-11(16)6-4-10/h3-8,18H,1-2H3,(H,19,20). The van der Waals surface area contributed by atoms with Crippen LogP contribution in [0.5, 0.6) is 0 Å². The normalized spacial score (nSPS) is 10.2. The summed E-state index contributed by atoms with van der Waals surface area (Å²) in [6.07, 6.45) is 0. The second-order valence-electron chi connectivity index (χ2n) is 4.36. The number of hydrogen-bond donors (Lipinski definition) is 2. The van der Waals surface area contributed by atoms with Crippen molar-refractivity contribution < 1.29 is 4.79 Å². The van der Waals surface area contributed by atoms with Crippen LogP contribution < -0.4 is 10.6 Å². The van der Waals surface area contributed by atoms with E-state index in [1.165, 1.54) is 0 Å². The van der Waals surface area contributed by atoms with E-state index in [0.717, 1.165) is 11.3 Å². The molecule has 1 amide bonds. The number of anilines is 2. The maximum absolute atomic E-state index is 12.1. The zero-order chi connectivity index (χ0) is 14.7. The summed E-state index contributed by atoms with van der Waals surface area (Å²) in [5.41, 5.74) is 3.05. The van der Waals surface area contributed by atoms with Gasteiger partial charge in [0.1, 0.15) is 0 Å². The summed E-state index contributed by atoms with van der Waals surface area (Å²) in [5, 5.41) is 6.92. The third-order valence-electron chi connectivity index (χ3n) is 2.94. The van der Waals surface area contributed by atoms with Gasteiger partial charge in [-0.1, -0.05) is 23.2 Å². The first-order chi connectivity index (χ1) is 9.51. The molecule has 20 heavy (non-hydrogen) atoms. The molecule has 0 aliphatic carbocycles. The molecule has 5 heteroatoms. The minimum atomic E-state index is -0.222. The van der Waals surface area contributed by atoms with Gasteiger partial charge >= 0.3 is 0 Å². The van der Waals surface area contributed by atoms with Gasteiger partial charge in [0.25, 0.3) is 5.91 Å². The Balaban J connectivity index is 2.23. The van der Waals surface area contributed by atoms with Crippen LogP contribution in [0.3, 0.4) is 0 Å². The van der Waals surface area contributed by atoms with Crippen molar-refractivity contribution in [1.82, 2.24) is 0 Å². The van der Waals surface area contributed by atoms with Crippen molar-refractivity contribution in [1.29, 1.82) is 0 Å². The zero-order valence-electron chi connectivity index (χ0n) is 11.1. The highest BCUT2D eigenvalue weighted by Gasteiger charge is 2.10. The largest absolute Gasteiger partial charge is 0.388 e. The second-order valence-corrected chi connectivity index (χ2v) is 5.20. The van der Waals surface area contributed by atoms with Crippen LogP contribution in [0.2, 0.25) is 10.0 Å². The summed E-state index contributed by atoms with van der Waals surface area (Å²) in [6.45, 7) is 1.94. The van der Waals surface area contributed by atoms with E-state index in [0.29, 0.717) is 21.3 Å². The first kappa shape index (κ1) is 14.7. The smallest absolute Gasteiger partial charge is 0.255 e. The molecule has 2 N–H and O–H groups in total. The van der Waals surface area contributed by atoms with Crippen molar-refractivity contribution in [2.24, 2.45) is 0 Å². The van der Waals surface area contributed by atoms with Crippen molar-refractivity contribution in [3.05, 3.63) is 57.6 Å². The van der Waals surface area contributed by atoms with Crippen molar-refractivity contribution >= 4 is 40.5 Å². The van der Waals surface area contributed by atoms with Crippen LogP contribution in [0.4, 0.5) is 11.4 Å². The summed E-state index contributed by atoms with van der Waals surface area (Å²) in [4.78, 5) is 12.1. The van der Waals surface area contributed by atoms with Gasteiger partial charge in [-0.05, 0) is 48.9 Å². The van der Waals surface area contributed by atoms with Gasteiger partial charge in [-0.3, -0.25) is 4.79 Å². The highest BCUT2D eigenvalue weighted by molar-refractivity contribution is 6.34. The van der Waals surface area contributed by atoms with Gasteiger partial charge in [0.05, 0.1) is 10.7 Å². The third kappa shape index (κ3) is 3.24. The topological polar surface area (TPSA) is 41.1 Å². The number of halogens is 2. The Morgan fingerprint density at radius 1 is 1.05 bits per heavy atom. The fourth-order valence-corrected chi connectivity index (χ4v) is 2.18. The SMILES string of the molecule is CNc1cc(Cl)c(NC(=O)c2ccc(Cl)cc2)cc1C. The molecule has 0 spiro atoms. The Kier molecular flexibility index (Phi) is 4.53. The highest BCUT2D eigenvalue weighted by atomic mass is 35.5. The number of aryl methyl sites for hydroxylation is 1. The van der Waals surface area contributed by atoms with E-state index in [4.69, 9.17) is 23.2 Å². The van der Waals surface area contributed by atoms with Gasteiger partial charge in [-0.2, -0.15) is 0 Å². The average Bonchev–Trinajstić information content (AvgIpc) is 2.43. The maximum atomic E-state index is 12.1. The van der Waals surface area contributed by atoms with Crippen LogP contribution in [-0.2, 0) is 0 Å². The van der Waals surface area contributed by atoms with Crippen molar-refractivity contribution in [3.8, 4) is 0 Å². The van der Waals surface area contributed by atoms with Gasteiger partial charge in [0, 0.05) is 23.3 Å². The molecular weight excluding hydrogens is 295 g/mol. The molecule has 0 unspecified atom stereocenters. The van der Waals surface area contributed by atoms with E-state index in [2.05, 4.69) is 10.6 Å². The molecule has 104 valence electrons. The highest BCUT2D eigenvalue weighted by Crippen LogP contribution is 2.29. The molecule has 2 aromatic rings. The van der Waals surface area contributed by atoms with Crippen LogP contribution in [0, 0.1) is 6.92 Å². The molecule has 0 radical (unpaired) electrons. The molecule has 0 fully saturated rings. The molecular formula is C15H14Cl2N2O. The number of benzene rings is 2. The maximum Gasteiger partial charge on any atom is 0.255 e. The Labute approximate surface area is 127 Å². The molecule has 0 saturated carbocycles. The number of rotatable bonds is 3. The summed E-state index contributed by atoms with van der Waals surface area (Å²) in [5.74, 6) is -0.222. The van der Waals surface area contributed by atoms with E-state index in [1.54, 1.807) is 30.3 Å². The van der Waals surface area contributed by atoms with Gasteiger partial charge in [-0.15, -0.1) is 0 Å². The Bertz CT molecular complexity index is 639. The quantitative estimate of drug-likeness (QED) is 0.870. The third-order valence-corrected chi connectivity index (χ3v) is 3.50. The van der Waals surface area contributed by atoms with Crippen molar-refractivity contribution in [2.75, 3.05) is 17.7 Å². The van der Waals surface area contributed by atoms with Crippen LogP contribution in [0.1, 0.15) is 15.9 Å². The second kappa shape index (κ2) is 6.16. The molecule has 3 nitrogen and oxygen atoms in total. The van der Waals surface area contributed by atoms with Crippen molar-refractivity contribution in [2.45, 2.75) is 6.92 Å². The molecule has 0 aliphatic rings. The minimum absolute atomic E-state index is 0.222. The van der Waals surface area contributed by atoms with Gasteiger partial charge < -0.3 is 10.6 Å². The van der Waals surface area contributed by atoms with Crippen LogP contribution >= 0.6 is 23.2 Å². The fraction of sp³-hybridized carbons (Fsp3) is 0.133. The summed E-state index contributed by atoms with van der Waals surface area (Å²) < 4.78 is 0. The lowest BCUT2D eigenvalue weighted by molar-refractivity contribution is 0.102. The first-order valence-electron chi connectivity index (χ1n) is 6.06. The Hall–Kier alpha value is -1.71. The molecule has 0 aliphatic heterocycles. The van der Waals surface area contributed by atoms with E-state index in [-0.39, 0.29) is 5.91 Å². The Morgan fingerprint density at radius 3 is 2.30 bits per heavy atom. The van der Waals surface area contributed by atoms with Crippen LogP contribution in [0.15, 0.2) is 36.4 Å². The van der Waals surface area contributed by atoms with Crippen molar-refractivity contribution in [3.63, 3.8) is 0 Å². The average molecular weight is 309 g/mol. The molecule has 0 heterocycles. The molecule has 0 aromatic heterocycles. The number of amides is 1. The van der Waals surface area contributed by atoms with Gasteiger partial charge in [0.2, 0.25) is 0 Å². The van der Waals surface area contributed by atoms with Gasteiger partial charge in [-0.25, -0.2) is 0 Å².